The maximum atomic E-state index is 12.3. The molecule has 8 nitrogen and oxygen atoms in total. The van der Waals surface area contributed by atoms with Crippen LogP contribution in [0, 0.1) is 0 Å². The first-order valence-corrected chi connectivity index (χ1v) is 11.4. The number of ether oxygens (including phenoxy) is 3. The van der Waals surface area contributed by atoms with Gasteiger partial charge >= 0.3 is 5.97 Å². The first kappa shape index (κ1) is 22.5. The zero-order valence-electron chi connectivity index (χ0n) is 16.1. The fourth-order valence-electron chi connectivity index (χ4n) is 2.78. The van der Waals surface area contributed by atoms with E-state index in [4.69, 9.17) is 14.2 Å². The van der Waals surface area contributed by atoms with Crippen molar-refractivity contribution in [3.63, 3.8) is 0 Å². The van der Waals surface area contributed by atoms with E-state index < -0.39 is 28.3 Å². The molecular weight excluding hydrogens is 454 g/mol. The number of carbonyl (C=O) groups excluding carboxylic acids is 2. The predicted molar refractivity (Wildman–Crippen MR) is 107 cm³/mol. The molecule has 1 heterocycles. The Kier molecular flexibility index (Phi) is 7.70. The quantitative estimate of drug-likeness (QED) is 0.528. The summed E-state index contributed by atoms with van der Waals surface area (Å²) in [6.07, 6.45) is 1.21. The monoisotopic (exact) mass is 477 g/mol. The highest BCUT2D eigenvalue weighted by molar-refractivity contribution is 9.10. The third-order valence-corrected chi connectivity index (χ3v) is 6.73. The number of hydrogen-bond acceptors (Lipinski definition) is 7. The molecule has 1 saturated heterocycles. The Morgan fingerprint density at radius 2 is 2.04 bits per heavy atom. The summed E-state index contributed by atoms with van der Waals surface area (Å²) < 4.78 is 39.6. The fraction of sp³-hybridized carbons (Fsp3) is 0.556. The van der Waals surface area contributed by atoms with E-state index in [1.165, 1.54) is 31.2 Å². The highest BCUT2D eigenvalue weighted by atomic mass is 79.9. The van der Waals surface area contributed by atoms with Crippen molar-refractivity contribution in [1.29, 1.82) is 0 Å². The Hall–Kier alpha value is -1.81. The van der Waals surface area contributed by atoms with Crippen LogP contribution < -0.4 is 9.47 Å². The Balaban J connectivity index is 2.00. The topological polar surface area (TPSA) is 99.2 Å². The van der Waals surface area contributed by atoms with Gasteiger partial charge in [0.25, 0.3) is 5.91 Å². The predicted octanol–water partition coefficient (Wildman–Crippen LogP) is 2.05. The van der Waals surface area contributed by atoms with Crippen LogP contribution in [0.3, 0.4) is 0 Å². The Bertz CT molecular complexity index is 841. The summed E-state index contributed by atoms with van der Waals surface area (Å²) in [6.45, 7) is 2.00. The van der Waals surface area contributed by atoms with Crippen molar-refractivity contribution in [1.82, 2.24) is 4.90 Å². The van der Waals surface area contributed by atoms with Gasteiger partial charge in [-0.25, -0.2) is 13.2 Å². The summed E-state index contributed by atoms with van der Waals surface area (Å²) in [4.78, 5) is 25.9. The van der Waals surface area contributed by atoms with E-state index in [0.29, 0.717) is 29.0 Å². The number of amides is 1. The number of nitrogens with zero attached hydrogens (tertiary/aromatic N) is 1. The second kappa shape index (κ2) is 9.60. The normalized spacial score (nSPS) is 17.8. The van der Waals surface area contributed by atoms with Crippen molar-refractivity contribution in [3.8, 4) is 11.5 Å². The number of halogens is 1. The molecule has 1 aromatic rings. The first-order chi connectivity index (χ1) is 13.2. The van der Waals surface area contributed by atoms with Gasteiger partial charge in [-0.15, -0.1) is 0 Å². The van der Waals surface area contributed by atoms with Crippen LogP contribution >= 0.6 is 15.9 Å². The minimum Gasteiger partial charge on any atom is -0.493 e. The fourth-order valence-corrected chi connectivity index (χ4v) is 5.11. The number of carbonyl (C=O) groups is 2. The van der Waals surface area contributed by atoms with Gasteiger partial charge in [-0.2, -0.15) is 0 Å². The molecule has 2 rings (SSSR count). The Morgan fingerprint density at radius 1 is 1.32 bits per heavy atom. The number of hydrogen-bond donors (Lipinski definition) is 0. The molecule has 0 aromatic heterocycles. The third kappa shape index (κ3) is 5.60. The molecule has 1 atom stereocenters. The van der Waals surface area contributed by atoms with Crippen molar-refractivity contribution >= 4 is 37.6 Å². The molecule has 0 bridgehead atoms. The van der Waals surface area contributed by atoms with Crippen LogP contribution in [-0.4, -0.2) is 70.1 Å². The average Bonchev–Trinajstić information content (AvgIpc) is 3.03. The van der Waals surface area contributed by atoms with Crippen molar-refractivity contribution in [2.24, 2.45) is 0 Å². The van der Waals surface area contributed by atoms with Crippen LogP contribution in [0.4, 0.5) is 0 Å². The lowest BCUT2D eigenvalue weighted by Gasteiger charge is -2.23. The molecule has 1 aliphatic heterocycles. The van der Waals surface area contributed by atoms with E-state index >= 15 is 0 Å². The van der Waals surface area contributed by atoms with E-state index in [-0.39, 0.29) is 23.1 Å². The molecule has 0 aliphatic carbocycles. The summed E-state index contributed by atoms with van der Waals surface area (Å²) in [6, 6.07) is 2.63. The second-order valence-corrected chi connectivity index (χ2v) is 9.56. The summed E-state index contributed by atoms with van der Waals surface area (Å²) in [5.41, 5.74) is 0.200. The lowest BCUT2D eigenvalue weighted by atomic mass is 10.2. The van der Waals surface area contributed by atoms with Gasteiger partial charge in [-0.1, -0.05) is 6.92 Å². The van der Waals surface area contributed by atoms with E-state index in [9.17, 15) is 18.0 Å². The van der Waals surface area contributed by atoms with Gasteiger partial charge in [0, 0.05) is 13.1 Å². The van der Waals surface area contributed by atoms with Gasteiger partial charge in [-0.05, 0) is 40.9 Å². The van der Waals surface area contributed by atoms with Gasteiger partial charge in [0.05, 0.1) is 35.3 Å². The molecule has 0 saturated carbocycles. The number of methoxy groups -OCH3 is 1. The first-order valence-electron chi connectivity index (χ1n) is 8.82. The molecule has 1 fully saturated rings. The molecule has 28 heavy (non-hydrogen) atoms. The number of esters is 1. The molecule has 0 radical (unpaired) electrons. The van der Waals surface area contributed by atoms with Crippen molar-refractivity contribution in [3.05, 3.63) is 22.2 Å². The van der Waals surface area contributed by atoms with Gasteiger partial charge in [-0.3, -0.25) is 4.79 Å². The smallest absolute Gasteiger partial charge is 0.338 e. The van der Waals surface area contributed by atoms with Crippen LogP contribution in [0.2, 0.25) is 0 Å². The highest BCUT2D eigenvalue weighted by Crippen LogP contribution is 2.37. The Labute approximate surface area is 173 Å². The van der Waals surface area contributed by atoms with Crippen LogP contribution in [0.1, 0.15) is 30.1 Å². The second-order valence-electron chi connectivity index (χ2n) is 6.48. The number of benzene rings is 1. The number of likely N-dealkylation sites (N-methyl/N-ethyl adjacent to an activating group) is 1. The largest absolute Gasteiger partial charge is 0.493 e. The molecule has 1 amide bonds. The minimum atomic E-state index is -3.10. The molecule has 0 spiro atoms. The maximum absolute atomic E-state index is 12.3. The van der Waals surface area contributed by atoms with Crippen molar-refractivity contribution in [2.45, 2.75) is 25.8 Å². The van der Waals surface area contributed by atoms with Crippen molar-refractivity contribution < 1.29 is 32.2 Å². The number of rotatable bonds is 8. The molecule has 0 unspecified atom stereocenters. The van der Waals surface area contributed by atoms with Crippen LogP contribution in [-0.2, 0) is 19.4 Å². The molecule has 10 heteroatoms. The molecule has 0 N–H and O–H groups in total. The average molecular weight is 478 g/mol. The van der Waals surface area contributed by atoms with Gasteiger partial charge in [0.1, 0.15) is 0 Å². The molecule has 1 aromatic carbocycles. The lowest BCUT2D eigenvalue weighted by molar-refractivity contribution is -0.134. The highest BCUT2D eigenvalue weighted by Gasteiger charge is 2.33. The van der Waals surface area contributed by atoms with E-state index in [0.717, 1.165) is 6.42 Å². The zero-order chi connectivity index (χ0) is 20.9. The summed E-state index contributed by atoms with van der Waals surface area (Å²) in [5, 5.41) is 0. The van der Waals surface area contributed by atoms with Gasteiger partial charge < -0.3 is 19.1 Å². The third-order valence-electron chi connectivity index (χ3n) is 4.39. The molecular formula is C18H24BrNO7S. The molecule has 1 aliphatic rings. The van der Waals surface area contributed by atoms with Gasteiger partial charge in [0.15, 0.2) is 27.9 Å². The molecule has 156 valence electrons. The van der Waals surface area contributed by atoms with E-state index in [2.05, 4.69) is 15.9 Å². The zero-order valence-corrected chi connectivity index (χ0v) is 18.5. The lowest BCUT2D eigenvalue weighted by Crippen LogP contribution is -2.40. The minimum absolute atomic E-state index is 0.0629. The maximum Gasteiger partial charge on any atom is 0.338 e. The van der Waals surface area contributed by atoms with Crippen LogP contribution in [0.5, 0.6) is 11.5 Å². The van der Waals surface area contributed by atoms with Crippen LogP contribution in [0.25, 0.3) is 0 Å². The van der Waals surface area contributed by atoms with E-state index in [1.54, 1.807) is 0 Å². The standard InChI is InChI=1S/C18H24BrNO7S/c1-4-6-26-17-14(19)8-12(9-15(17)25-3)18(22)27-10-16(21)20(2)13-5-7-28(23,24)11-13/h8-9,13H,4-7,10-11H2,1-3H3/t13-/m1/s1. The van der Waals surface area contributed by atoms with Gasteiger partial charge in [0.2, 0.25) is 0 Å². The summed E-state index contributed by atoms with van der Waals surface area (Å²) in [5.74, 6) is -0.290. The van der Waals surface area contributed by atoms with Crippen molar-refractivity contribution in [2.75, 3.05) is 38.9 Å². The van der Waals surface area contributed by atoms with Crippen LogP contribution in [0.15, 0.2) is 16.6 Å². The van der Waals surface area contributed by atoms with E-state index in [1.807, 2.05) is 6.92 Å². The SMILES string of the molecule is CCCOc1c(Br)cc(C(=O)OCC(=O)N(C)[C@@H]2CCS(=O)(=O)C2)cc1OC. The summed E-state index contributed by atoms with van der Waals surface area (Å²) in [7, 11) is -0.127. The number of sulfone groups is 1. The summed E-state index contributed by atoms with van der Waals surface area (Å²) >= 11 is 3.35. The Morgan fingerprint density at radius 3 is 2.61 bits per heavy atom.